The lowest BCUT2D eigenvalue weighted by atomic mass is 9.95. The maximum absolute atomic E-state index is 12.0. The van der Waals surface area contributed by atoms with Crippen molar-refractivity contribution in [3.8, 4) is 11.1 Å². The van der Waals surface area contributed by atoms with Crippen molar-refractivity contribution in [2.24, 2.45) is 5.92 Å². The van der Waals surface area contributed by atoms with Gasteiger partial charge in [0.05, 0.1) is 5.92 Å². The fourth-order valence-electron chi connectivity index (χ4n) is 2.87. The summed E-state index contributed by atoms with van der Waals surface area (Å²) < 4.78 is 5.34. The van der Waals surface area contributed by atoms with Crippen LogP contribution in [0.4, 0.5) is 0 Å². The summed E-state index contributed by atoms with van der Waals surface area (Å²) in [6.07, 6.45) is 0.392. The fraction of sp³-hybridized carbons (Fsp3) is 0.273. The highest BCUT2D eigenvalue weighted by Crippen LogP contribution is 2.30. The Bertz CT molecular complexity index is 969. The molecule has 1 heterocycles. The predicted octanol–water partition coefficient (Wildman–Crippen LogP) is 5.06. The number of hydrogen-bond donors (Lipinski definition) is 1. The highest BCUT2D eigenvalue weighted by Gasteiger charge is 2.14. The topological polar surface area (TPSA) is 67.5 Å². The molecular weight excluding hydrogens is 328 g/mol. The second-order valence-corrected chi connectivity index (χ2v) is 6.07. The molecule has 0 bridgehead atoms. The molecule has 3 aromatic rings. The van der Waals surface area contributed by atoms with Crippen molar-refractivity contribution in [3.05, 3.63) is 70.1 Å². The van der Waals surface area contributed by atoms with Gasteiger partial charge in [-0.15, -0.1) is 0 Å². The van der Waals surface area contributed by atoms with Gasteiger partial charge in [-0.25, -0.2) is 4.79 Å². The Labute approximate surface area is 153 Å². The van der Waals surface area contributed by atoms with Gasteiger partial charge >= 0.3 is 11.6 Å². The van der Waals surface area contributed by atoms with Crippen LogP contribution in [0, 0.1) is 12.8 Å². The van der Waals surface area contributed by atoms with Crippen molar-refractivity contribution in [2.75, 3.05) is 0 Å². The van der Waals surface area contributed by atoms with Crippen LogP contribution in [-0.4, -0.2) is 11.1 Å². The van der Waals surface area contributed by atoms with Crippen molar-refractivity contribution in [1.82, 2.24) is 0 Å². The molecule has 0 saturated heterocycles. The summed E-state index contributed by atoms with van der Waals surface area (Å²) in [6.45, 7) is 7.66. The Hall–Kier alpha value is -2.88. The van der Waals surface area contributed by atoms with Gasteiger partial charge in [0.25, 0.3) is 0 Å². The molecule has 0 amide bonds. The lowest BCUT2D eigenvalue weighted by Crippen LogP contribution is -2.12. The molecule has 0 fully saturated rings. The molecule has 0 aliphatic carbocycles. The van der Waals surface area contributed by atoms with Crippen LogP contribution in [0.2, 0.25) is 0 Å². The average Bonchev–Trinajstić information content (AvgIpc) is 2.62. The van der Waals surface area contributed by atoms with Crippen LogP contribution in [0.3, 0.4) is 0 Å². The quantitative estimate of drug-likeness (QED) is 0.667. The molecule has 1 aromatic heterocycles. The van der Waals surface area contributed by atoms with E-state index >= 15 is 0 Å². The molecule has 0 radical (unpaired) electrons. The smallest absolute Gasteiger partial charge is 0.336 e. The third-order valence-electron chi connectivity index (χ3n) is 4.21. The fourth-order valence-corrected chi connectivity index (χ4v) is 2.87. The number of carboxylic acids is 1. The van der Waals surface area contributed by atoms with E-state index in [0.29, 0.717) is 12.0 Å². The first-order valence-corrected chi connectivity index (χ1v) is 8.81. The summed E-state index contributed by atoms with van der Waals surface area (Å²) in [4.78, 5) is 23.0. The van der Waals surface area contributed by atoms with Crippen LogP contribution in [0.15, 0.2) is 57.7 Å². The van der Waals surface area contributed by atoms with Crippen LogP contribution in [0.5, 0.6) is 0 Å². The van der Waals surface area contributed by atoms with Crippen molar-refractivity contribution >= 4 is 16.9 Å². The van der Waals surface area contributed by atoms with E-state index in [1.54, 1.807) is 13.0 Å². The largest absolute Gasteiger partial charge is 0.481 e. The van der Waals surface area contributed by atoms with Crippen LogP contribution < -0.4 is 5.63 Å². The summed E-state index contributed by atoms with van der Waals surface area (Å²) in [5.74, 6) is -1.33. The summed E-state index contributed by atoms with van der Waals surface area (Å²) in [5.41, 5.74) is 3.80. The Balaban J connectivity index is 0.00000117. The summed E-state index contributed by atoms with van der Waals surface area (Å²) >= 11 is 0. The molecule has 1 N–H and O–H groups in total. The van der Waals surface area contributed by atoms with Crippen molar-refractivity contribution in [1.29, 1.82) is 0 Å². The minimum absolute atomic E-state index is 0.392. The zero-order chi connectivity index (χ0) is 19.3. The average molecular weight is 352 g/mol. The Morgan fingerprint density at radius 2 is 1.77 bits per heavy atom. The van der Waals surface area contributed by atoms with Gasteiger partial charge in [0.15, 0.2) is 0 Å². The molecule has 26 heavy (non-hydrogen) atoms. The van der Waals surface area contributed by atoms with E-state index in [1.807, 2.05) is 57.2 Å². The predicted molar refractivity (Wildman–Crippen MR) is 105 cm³/mol. The van der Waals surface area contributed by atoms with Gasteiger partial charge < -0.3 is 9.52 Å². The molecule has 0 aliphatic heterocycles. The van der Waals surface area contributed by atoms with Crippen LogP contribution in [0.1, 0.15) is 31.9 Å². The number of benzene rings is 2. The maximum atomic E-state index is 12.0. The number of fused-ring (bicyclic) bond motifs is 1. The second kappa shape index (κ2) is 8.48. The number of rotatable bonds is 4. The Morgan fingerprint density at radius 1 is 1.08 bits per heavy atom. The van der Waals surface area contributed by atoms with Crippen LogP contribution >= 0.6 is 0 Å². The normalized spacial score (nSPS) is 11.5. The molecule has 3 rings (SSSR count). The van der Waals surface area contributed by atoms with Crippen molar-refractivity contribution in [2.45, 2.75) is 34.1 Å². The standard InChI is InChI=1S/C20H18O4.C2H6/c1-12-5-3-4-6-15(12)17-11-19(21)24-18-10-14(7-8-16(17)18)9-13(2)20(22)23;1-2/h3-8,10-11,13H,9H2,1-2H3,(H,22,23);1-2H3. The molecular formula is C22H24O4. The Kier molecular flexibility index (Phi) is 6.34. The van der Waals surface area contributed by atoms with E-state index in [4.69, 9.17) is 9.52 Å². The molecule has 1 atom stereocenters. The number of aryl methyl sites for hydroxylation is 1. The summed E-state index contributed by atoms with van der Waals surface area (Å²) in [7, 11) is 0. The third kappa shape index (κ3) is 4.20. The van der Waals surface area contributed by atoms with E-state index in [9.17, 15) is 9.59 Å². The number of hydrogen-bond acceptors (Lipinski definition) is 3. The van der Waals surface area contributed by atoms with Crippen molar-refractivity contribution in [3.63, 3.8) is 0 Å². The summed E-state index contributed by atoms with van der Waals surface area (Å²) in [5, 5.41) is 9.89. The zero-order valence-corrected chi connectivity index (χ0v) is 15.6. The molecule has 0 aliphatic rings. The number of carboxylic acid groups (broad SMARTS) is 1. The SMILES string of the molecule is CC.Cc1ccccc1-c1cc(=O)oc2cc(CC(C)C(=O)O)ccc12. The zero-order valence-electron chi connectivity index (χ0n) is 15.6. The van der Waals surface area contributed by atoms with E-state index in [-0.39, 0.29) is 0 Å². The summed E-state index contributed by atoms with van der Waals surface area (Å²) in [6, 6.07) is 14.9. The second-order valence-electron chi connectivity index (χ2n) is 6.07. The highest BCUT2D eigenvalue weighted by atomic mass is 16.4. The molecule has 4 nitrogen and oxygen atoms in total. The van der Waals surface area contributed by atoms with Gasteiger partial charge in [-0.2, -0.15) is 0 Å². The first-order valence-electron chi connectivity index (χ1n) is 8.81. The number of aliphatic carboxylic acids is 1. The van der Waals surface area contributed by atoms with Crippen LogP contribution in [0.25, 0.3) is 22.1 Å². The molecule has 136 valence electrons. The van der Waals surface area contributed by atoms with E-state index in [1.165, 1.54) is 6.07 Å². The monoisotopic (exact) mass is 352 g/mol. The van der Waals surface area contributed by atoms with E-state index in [2.05, 4.69) is 0 Å². The molecule has 0 spiro atoms. The van der Waals surface area contributed by atoms with Gasteiger partial charge in [0.2, 0.25) is 0 Å². The van der Waals surface area contributed by atoms with Gasteiger partial charge in [0, 0.05) is 17.0 Å². The molecule has 1 unspecified atom stereocenters. The molecule has 2 aromatic carbocycles. The lowest BCUT2D eigenvalue weighted by molar-refractivity contribution is -0.141. The third-order valence-corrected chi connectivity index (χ3v) is 4.21. The van der Waals surface area contributed by atoms with E-state index in [0.717, 1.165) is 27.6 Å². The van der Waals surface area contributed by atoms with E-state index < -0.39 is 17.5 Å². The first kappa shape index (κ1) is 19.4. The van der Waals surface area contributed by atoms with Gasteiger partial charge in [0.1, 0.15) is 5.58 Å². The minimum atomic E-state index is -0.842. The number of carbonyl (C=O) groups is 1. The van der Waals surface area contributed by atoms with Crippen molar-refractivity contribution < 1.29 is 14.3 Å². The maximum Gasteiger partial charge on any atom is 0.336 e. The minimum Gasteiger partial charge on any atom is -0.481 e. The highest BCUT2D eigenvalue weighted by molar-refractivity contribution is 5.94. The lowest BCUT2D eigenvalue weighted by Gasteiger charge is -2.11. The van der Waals surface area contributed by atoms with Crippen LogP contribution in [-0.2, 0) is 11.2 Å². The molecule has 4 heteroatoms. The van der Waals surface area contributed by atoms with Gasteiger partial charge in [-0.3, -0.25) is 4.79 Å². The van der Waals surface area contributed by atoms with Gasteiger partial charge in [-0.1, -0.05) is 57.2 Å². The molecule has 0 saturated carbocycles. The first-order chi connectivity index (χ1) is 12.5. The van der Waals surface area contributed by atoms with Gasteiger partial charge in [-0.05, 0) is 36.1 Å². The Morgan fingerprint density at radius 3 is 2.42 bits per heavy atom.